The third-order valence-electron chi connectivity index (χ3n) is 4.20. The summed E-state index contributed by atoms with van der Waals surface area (Å²) in [5, 5.41) is 2.90. The number of carbonyl (C=O) groups excluding carboxylic acids is 2. The quantitative estimate of drug-likeness (QED) is 0.713. The maximum atomic E-state index is 12.1. The molecular formula is C16H31N3O2. The largest absolute Gasteiger partial charge is 0.352 e. The first-order valence-electron chi connectivity index (χ1n) is 7.97. The lowest BCUT2D eigenvalue weighted by atomic mass is 9.76. The summed E-state index contributed by atoms with van der Waals surface area (Å²) in [6, 6.07) is 0.343. The fourth-order valence-electron chi connectivity index (χ4n) is 2.50. The highest BCUT2D eigenvalue weighted by Gasteiger charge is 2.26. The minimum Gasteiger partial charge on any atom is -0.352 e. The van der Waals surface area contributed by atoms with Crippen molar-refractivity contribution in [3.63, 3.8) is 0 Å². The van der Waals surface area contributed by atoms with Crippen LogP contribution in [0.2, 0.25) is 0 Å². The summed E-state index contributed by atoms with van der Waals surface area (Å²) < 4.78 is 0. The molecule has 1 rings (SSSR count). The molecule has 0 aromatic rings. The summed E-state index contributed by atoms with van der Waals surface area (Å²) in [5.41, 5.74) is 5.82. The van der Waals surface area contributed by atoms with Crippen LogP contribution in [0.4, 0.5) is 0 Å². The Labute approximate surface area is 128 Å². The summed E-state index contributed by atoms with van der Waals surface area (Å²) >= 11 is 0. The molecule has 2 amide bonds. The fourth-order valence-corrected chi connectivity index (χ4v) is 2.50. The van der Waals surface area contributed by atoms with Gasteiger partial charge in [0.1, 0.15) is 0 Å². The molecule has 0 radical (unpaired) electrons. The lowest BCUT2D eigenvalue weighted by Gasteiger charge is -2.31. The van der Waals surface area contributed by atoms with Crippen LogP contribution in [0.3, 0.4) is 0 Å². The Bertz CT molecular complexity index is 359. The second kappa shape index (κ2) is 7.78. The third-order valence-corrected chi connectivity index (χ3v) is 4.20. The van der Waals surface area contributed by atoms with Gasteiger partial charge in [-0.3, -0.25) is 9.59 Å². The number of hydrogen-bond acceptors (Lipinski definition) is 3. The van der Waals surface area contributed by atoms with Gasteiger partial charge in [-0.2, -0.15) is 0 Å². The van der Waals surface area contributed by atoms with Gasteiger partial charge >= 0.3 is 0 Å². The average molecular weight is 297 g/mol. The number of nitrogens with zero attached hydrogens (tertiary/aromatic N) is 1. The van der Waals surface area contributed by atoms with Crippen LogP contribution in [-0.4, -0.2) is 42.9 Å². The molecule has 1 fully saturated rings. The number of hydrogen-bond donors (Lipinski definition) is 2. The normalized spacial score (nSPS) is 16.4. The number of likely N-dealkylation sites (N-methyl/N-ethyl adjacent to an activating group) is 1. The van der Waals surface area contributed by atoms with Crippen LogP contribution in [-0.2, 0) is 9.59 Å². The van der Waals surface area contributed by atoms with Crippen LogP contribution in [0.1, 0.15) is 52.9 Å². The molecule has 0 aliphatic heterocycles. The second-order valence-corrected chi connectivity index (χ2v) is 7.27. The smallest absolute Gasteiger partial charge is 0.239 e. The molecule has 0 bridgehead atoms. The molecule has 0 spiro atoms. The van der Waals surface area contributed by atoms with Crippen molar-refractivity contribution in [2.24, 2.45) is 17.1 Å². The monoisotopic (exact) mass is 297 g/mol. The summed E-state index contributed by atoms with van der Waals surface area (Å²) in [7, 11) is 1.70. The highest BCUT2D eigenvalue weighted by molar-refractivity contribution is 5.84. The van der Waals surface area contributed by atoms with E-state index in [4.69, 9.17) is 5.73 Å². The standard InChI is InChI=1S/C16H31N3O2/c1-16(2,3)12(9-10-17)5-8-15(21)19(4)11-14(20)18-13-6-7-13/h12-13H,5-11,17H2,1-4H3,(H,18,20). The van der Waals surface area contributed by atoms with Crippen LogP contribution >= 0.6 is 0 Å². The minimum absolute atomic E-state index is 0.0345. The molecule has 1 aliphatic carbocycles. The van der Waals surface area contributed by atoms with E-state index >= 15 is 0 Å². The number of rotatable bonds is 8. The van der Waals surface area contributed by atoms with Crippen molar-refractivity contribution < 1.29 is 9.59 Å². The van der Waals surface area contributed by atoms with E-state index in [1.807, 2.05) is 0 Å². The summed E-state index contributed by atoms with van der Waals surface area (Å²) in [6.07, 6.45) is 4.37. The average Bonchev–Trinajstić information content (AvgIpc) is 3.16. The van der Waals surface area contributed by atoms with Crippen molar-refractivity contribution in [2.45, 2.75) is 58.9 Å². The Kier molecular flexibility index (Phi) is 6.65. The molecule has 0 aromatic heterocycles. The zero-order valence-electron chi connectivity index (χ0n) is 13.9. The van der Waals surface area contributed by atoms with Gasteiger partial charge in [-0.15, -0.1) is 0 Å². The van der Waals surface area contributed by atoms with Crippen molar-refractivity contribution in [1.29, 1.82) is 0 Å². The predicted molar refractivity (Wildman–Crippen MR) is 84.7 cm³/mol. The van der Waals surface area contributed by atoms with Crippen LogP contribution in [0.25, 0.3) is 0 Å². The van der Waals surface area contributed by atoms with Gasteiger partial charge in [0.05, 0.1) is 6.54 Å². The van der Waals surface area contributed by atoms with Gasteiger partial charge in [-0.1, -0.05) is 20.8 Å². The summed E-state index contributed by atoms with van der Waals surface area (Å²) in [4.78, 5) is 25.3. The van der Waals surface area contributed by atoms with Crippen LogP contribution in [0, 0.1) is 11.3 Å². The molecule has 122 valence electrons. The molecule has 1 atom stereocenters. The Hall–Kier alpha value is -1.10. The second-order valence-electron chi connectivity index (χ2n) is 7.27. The SMILES string of the molecule is CN(CC(=O)NC1CC1)C(=O)CCC(CCN)C(C)(C)C. The van der Waals surface area contributed by atoms with E-state index in [1.54, 1.807) is 7.05 Å². The summed E-state index contributed by atoms with van der Waals surface area (Å²) in [6.45, 7) is 7.36. The Morgan fingerprint density at radius 2 is 1.90 bits per heavy atom. The highest BCUT2D eigenvalue weighted by atomic mass is 16.2. The molecule has 21 heavy (non-hydrogen) atoms. The maximum absolute atomic E-state index is 12.1. The zero-order valence-corrected chi connectivity index (χ0v) is 13.9. The number of amides is 2. The van der Waals surface area contributed by atoms with Crippen LogP contribution in [0.15, 0.2) is 0 Å². The summed E-state index contributed by atoms with van der Waals surface area (Å²) in [5.74, 6) is 0.412. The van der Waals surface area contributed by atoms with Crippen molar-refractivity contribution in [2.75, 3.05) is 20.1 Å². The van der Waals surface area contributed by atoms with Gasteiger partial charge in [-0.25, -0.2) is 0 Å². The first-order valence-corrected chi connectivity index (χ1v) is 7.97. The van der Waals surface area contributed by atoms with E-state index in [9.17, 15) is 9.59 Å². The molecule has 5 nitrogen and oxygen atoms in total. The number of carbonyl (C=O) groups is 2. The van der Waals surface area contributed by atoms with E-state index < -0.39 is 0 Å². The topological polar surface area (TPSA) is 75.4 Å². The van der Waals surface area contributed by atoms with Crippen molar-refractivity contribution in [3.05, 3.63) is 0 Å². The molecule has 0 saturated heterocycles. The van der Waals surface area contributed by atoms with Gasteiger partial charge in [-0.05, 0) is 43.6 Å². The lowest BCUT2D eigenvalue weighted by molar-refractivity contribution is -0.135. The third kappa shape index (κ3) is 6.93. The highest BCUT2D eigenvalue weighted by Crippen LogP contribution is 2.32. The minimum atomic E-state index is -0.0531. The molecule has 3 N–H and O–H groups in total. The van der Waals surface area contributed by atoms with Gasteiger partial charge in [0.15, 0.2) is 0 Å². The molecule has 1 saturated carbocycles. The van der Waals surface area contributed by atoms with E-state index in [0.717, 1.165) is 25.7 Å². The zero-order chi connectivity index (χ0) is 16.0. The molecule has 0 heterocycles. The van der Waals surface area contributed by atoms with Crippen molar-refractivity contribution >= 4 is 11.8 Å². The lowest BCUT2D eigenvalue weighted by Crippen LogP contribution is -2.39. The molecule has 0 aromatic carbocycles. The molecule has 5 heteroatoms. The molecule has 1 aliphatic rings. The molecule has 1 unspecified atom stereocenters. The Morgan fingerprint density at radius 1 is 1.29 bits per heavy atom. The van der Waals surface area contributed by atoms with Gasteiger partial charge in [0, 0.05) is 19.5 Å². The van der Waals surface area contributed by atoms with E-state index in [0.29, 0.717) is 24.9 Å². The van der Waals surface area contributed by atoms with E-state index in [2.05, 4.69) is 26.1 Å². The number of nitrogens with one attached hydrogen (secondary N) is 1. The number of nitrogens with two attached hydrogens (primary N) is 1. The maximum Gasteiger partial charge on any atom is 0.239 e. The van der Waals surface area contributed by atoms with E-state index in [1.165, 1.54) is 4.90 Å². The predicted octanol–water partition coefficient (Wildman–Crippen LogP) is 1.51. The van der Waals surface area contributed by atoms with Crippen LogP contribution in [0.5, 0.6) is 0 Å². The van der Waals surface area contributed by atoms with Crippen molar-refractivity contribution in [3.8, 4) is 0 Å². The Morgan fingerprint density at radius 3 is 2.38 bits per heavy atom. The Balaban J connectivity index is 2.34. The molecular weight excluding hydrogens is 266 g/mol. The van der Waals surface area contributed by atoms with Crippen LogP contribution < -0.4 is 11.1 Å². The fraction of sp³-hybridized carbons (Fsp3) is 0.875. The van der Waals surface area contributed by atoms with Gasteiger partial charge < -0.3 is 16.0 Å². The first kappa shape index (κ1) is 18.0. The van der Waals surface area contributed by atoms with Gasteiger partial charge in [0.2, 0.25) is 11.8 Å². The van der Waals surface area contributed by atoms with Crippen molar-refractivity contribution in [1.82, 2.24) is 10.2 Å². The van der Waals surface area contributed by atoms with Gasteiger partial charge in [0.25, 0.3) is 0 Å². The van der Waals surface area contributed by atoms with E-state index in [-0.39, 0.29) is 23.8 Å². The first-order chi connectivity index (χ1) is 9.74.